The number of carboxylic acid groups (broad SMARTS) is 1. The summed E-state index contributed by atoms with van der Waals surface area (Å²) in [5, 5.41) is 11.6. The minimum atomic E-state index is -4.97. The van der Waals surface area contributed by atoms with Crippen LogP contribution in [0.1, 0.15) is 38.7 Å². The molecule has 8 nitrogen and oxygen atoms in total. The fourth-order valence-corrected chi connectivity index (χ4v) is 3.66. The van der Waals surface area contributed by atoms with E-state index in [1.54, 1.807) is 31.2 Å². The topological polar surface area (TPSA) is 97.3 Å². The number of anilines is 1. The number of ether oxygens (including phenoxy) is 3. The Bertz CT molecular complexity index is 1080. The van der Waals surface area contributed by atoms with Gasteiger partial charge in [0.05, 0.1) is 12.2 Å². The molecule has 1 atom stereocenters. The lowest BCUT2D eigenvalue weighted by molar-refractivity contribution is -0.274. The van der Waals surface area contributed by atoms with E-state index < -0.39 is 36.1 Å². The molecule has 0 spiro atoms. The van der Waals surface area contributed by atoms with Crippen LogP contribution in [0.3, 0.4) is 0 Å². The lowest BCUT2D eigenvalue weighted by Gasteiger charge is -2.24. The van der Waals surface area contributed by atoms with E-state index in [0.29, 0.717) is 11.3 Å². The number of halogens is 5. The largest absolute Gasteiger partial charge is 0.573 e. The number of hydrogen-bond acceptors (Lipinski definition) is 5. The van der Waals surface area contributed by atoms with Crippen LogP contribution in [0.15, 0.2) is 48.5 Å². The summed E-state index contributed by atoms with van der Waals surface area (Å²) in [4.78, 5) is 25.5. The first-order valence-electron chi connectivity index (χ1n) is 12.6. The number of unbranched alkanes of at least 4 members (excludes halogenated alkanes) is 1. The van der Waals surface area contributed by atoms with E-state index >= 15 is 0 Å². The molecule has 0 aliphatic carbocycles. The van der Waals surface area contributed by atoms with E-state index in [4.69, 9.17) is 9.47 Å². The molecule has 2 rings (SSSR count). The maximum atomic E-state index is 13.2. The van der Waals surface area contributed by atoms with Gasteiger partial charge in [-0.3, -0.25) is 0 Å². The summed E-state index contributed by atoms with van der Waals surface area (Å²) in [7, 11) is 0. The smallest absolute Gasteiger partial charge is 0.492 e. The average molecular weight is 577 g/mol. The van der Waals surface area contributed by atoms with Crippen LogP contribution in [-0.4, -0.2) is 66.7 Å². The quantitative estimate of drug-likeness (QED) is 0.178. The number of nitrogens with zero attached hydrogens (tertiary/aromatic N) is 1. The van der Waals surface area contributed by atoms with E-state index in [1.807, 2.05) is 0 Å². The predicted octanol–water partition coefficient (Wildman–Crippen LogP) is 6.36. The van der Waals surface area contributed by atoms with Crippen molar-refractivity contribution >= 4 is 17.7 Å². The Morgan fingerprint density at radius 1 is 1.00 bits per heavy atom. The van der Waals surface area contributed by atoms with E-state index in [-0.39, 0.29) is 57.7 Å². The highest BCUT2D eigenvalue weighted by molar-refractivity contribution is 5.91. The number of aliphatic carboxylic acids is 1. The van der Waals surface area contributed by atoms with Crippen LogP contribution in [-0.2, 0) is 16.0 Å². The molecule has 2 aromatic carbocycles. The zero-order valence-corrected chi connectivity index (χ0v) is 22.2. The van der Waals surface area contributed by atoms with Gasteiger partial charge in [0.1, 0.15) is 12.4 Å². The van der Waals surface area contributed by atoms with Gasteiger partial charge in [0, 0.05) is 26.0 Å². The molecule has 40 heavy (non-hydrogen) atoms. The fraction of sp³-hybridized carbons (Fsp3) is 0.481. The van der Waals surface area contributed by atoms with Crippen molar-refractivity contribution in [3.05, 3.63) is 54.1 Å². The highest BCUT2D eigenvalue weighted by Crippen LogP contribution is 2.30. The molecule has 0 saturated carbocycles. The number of alkyl halides is 5. The van der Waals surface area contributed by atoms with E-state index in [2.05, 4.69) is 10.1 Å². The molecule has 13 heteroatoms. The monoisotopic (exact) mass is 576 g/mol. The highest BCUT2D eigenvalue weighted by Gasteiger charge is 2.32. The maximum absolute atomic E-state index is 13.2. The standard InChI is InChI=1S/C27H33F5N2O6/c1-3-38-23(24(35)36)18-19-10-12-20(13-11-19)39-17-16-34(15-7-6-14-26(2,28)29)25(37)33-21-8-4-5-9-22(21)40-27(30,31)32/h4-5,8-13,23H,3,6-7,14-18H2,1-2H3,(H,33,37)(H,35,36). The Labute approximate surface area is 229 Å². The Hall–Kier alpha value is -3.61. The molecule has 2 amide bonds. The minimum Gasteiger partial charge on any atom is -0.492 e. The van der Waals surface area contributed by atoms with Crippen LogP contribution in [0, 0.1) is 0 Å². The fourth-order valence-electron chi connectivity index (χ4n) is 3.66. The van der Waals surface area contributed by atoms with Gasteiger partial charge < -0.3 is 29.5 Å². The number of carboxylic acids is 1. The van der Waals surface area contributed by atoms with Crippen molar-refractivity contribution < 1.29 is 50.9 Å². The summed E-state index contributed by atoms with van der Waals surface area (Å²) in [5.41, 5.74) is 0.500. The summed E-state index contributed by atoms with van der Waals surface area (Å²) in [6.45, 7) is 2.81. The summed E-state index contributed by atoms with van der Waals surface area (Å²) in [6, 6.07) is 10.9. The average Bonchev–Trinajstić information content (AvgIpc) is 2.85. The van der Waals surface area contributed by atoms with Crippen molar-refractivity contribution in [3.8, 4) is 11.5 Å². The summed E-state index contributed by atoms with van der Waals surface area (Å²) in [6.07, 6.45) is -5.80. The zero-order valence-electron chi connectivity index (χ0n) is 22.2. The van der Waals surface area contributed by atoms with Crippen LogP contribution >= 0.6 is 0 Å². The molecule has 0 radical (unpaired) electrons. The number of carbonyl (C=O) groups is 2. The first kappa shape index (κ1) is 32.6. The molecule has 0 bridgehead atoms. The van der Waals surface area contributed by atoms with Gasteiger partial charge in [-0.2, -0.15) is 0 Å². The number of hydrogen-bond donors (Lipinski definition) is 2. The number of rotatable bonds is 16. The van der Waals surface area contributed by atoms with Crippen LogP contribution < -0.4 is 14.8 Å². The van der Waals surface area contributed by atoms with Gasteiger partial charge in [0.15, 0.2) is 11.9 Å². The number of para-hydroxylation sites is 2. The molecule has 0 heterocycles. The van der Waals surface area contributed by atoms with Gasteiger partial charge >= 0.3 is 18.4 Å². The first-order chi connectivity index (χ1) is 18.8. The molecule has 0 saturated heterocycles. The Morgan fingerprint density at radius 2 is 1.68 bits per heavy atom. The van der Waals surface area contributed by atoms with Crippen molar-refractivity contribution in [1.29, 1.82) is 0 Å². The molecular weight excluding hydrogens is 543 g/mol. The molecule has 1 unspecified atom stereocenters. The third kappa shape index (κ3) is 12.5. The Kier molecular flexibility index (Phi) is 12.4. The van der Waals surface area contributed by atoms with Crippen molar-refractivity contribution in [3.63, 3.8) is 0 Å². The van der Waals surface area contributed by atoms with Gasteiger partial charge in [-0.15, -0.1) is 13.2 Å². The third-order valence-corrected chi connectivity index (χ3v) is 5.55. The molecule has 0 fully saturated rings. The first-order valence-corrected chi connectivity index (χ1v) is 12.6. The number of benzene rings is 2. The van der Waals surface area contributed by atoms with E-state index in [9.17, 15) is 36.6 Å². The van der Waals surface area contributed by atoms with Crippen molar-refractivity contribution in [2.75, 3.05) is 31.6 Å². The lowest BCUT2D eigenvalue weighted by atomic mass is 10.1. The van der Waals surface area contributed by atoms with Gasteiger partial charge in [-0.25, -0.2) is 18.4 Å². The Morgan fingerprint density at radius 3 is 2.27 bits per heavy atom. The minimum absolute atomic E-state index is 0.00380. The second kappa shape index (κ2) is 15.2. The molecule has 222 valence electrons. The number of urea groups is 1. The molecule has 0 aliphatic heterocycles. The highest BCUT2D eigenvalue weighted by atomic mass is 19.4. The normalized spacial score (nSPS) is 12.5. The van der Waals surface area contributed by atoms with Crippen molar-refractivity contribution in [2.24, 2.45) is 0 Å². The van der Waals surface area contributed by atoms with Crippen LogP contribution in [0.25, 0.3) is 0 Å². The molecule has 2 aromatic rings. The summed E-state index contributed by atoms with van der Waals surface area (Å²) >= 11 is 0. The van der Waals surface area contributed by atoms with Crippen LogP contribution in [0.5, 0.6) is 11.5 Å². The number of amides is 2. The molecular formula is C27H33F5N2O6. The van der Waals surface area contributed by atoms with E-state index in [0.717, 1.165) is 13.0 Å². The van der Waals surface area contributed by atoms with E-state index in [1.165, 1.54) is 23.1 Å². The van der Waals surface area contributed by atoms with Crippen LogP contribution in [0.4, 0.5) is 32.4 Å². The second-order valence-corrected chi connectivity index (χ2v) is 8.97. The molecule has 0 aliphatic rings. The lowest BCUT2D eigenvalue weighted by Crippen LogP contribution is -2.38. The SMILES string of the molecule is CCOC(Cc1ccc(OCCN(CCCCC(C)(F)F)C(=O)Nc2ccccc2OC(F)(F)F)cc1)C(=O)O. The van der Waals surface area contributed by atoms with Gasteiger partial charge in [-0.1, -0.05) is 24.3 Å². The predicted molar refractivity (Wildman–Crippen MR) is 137 cm³/mol. The maximum Gasteiger partial charge on any atom is 0.573 e. The van der Waals surface area contributed by atoms with Crippen molar-refractivity contribution in [2.45, 2.75) is 57.9 Å². The third-order valence-electron chi connectivity index (χ3n) is 5.55. The van der Waals surface area contributed by atoms with Gasteiger partial charge in [0.2, 0.25) is 5.92 Å². The zero-order chi connectivity index (χ0) is 29.8. The molecule has 0 aromatic heterocycles. The number of nitrogens with one attached hydrogen (secondary N) is 1. The van der Waals surface area contributed by atoms with Crippen LogP contribution in [0.2, 0.25) is 0 Å². The summed E-state index contributed by atoms with van der Waals surface area (Å²) < 4.78 is 79.5. The Balaban J connectivity index is 2.02. The second-order valence-electron chi connectivity index (χ2n) is 8.97. The molecule has 2 N–H and O–H groups in total. The number of carbonyl (C=O) groups excluding carboxylic acids is 1. The summed E-state index contributed by atoms with van der Waals surface area (Å²) in [5.74, 6) is -4.10. The van der Waals surface area contributed by atoms with Gasteiger partial charge in [0.25, 0.3) is 0 Å². The van der Waals surface area contributed by atoms with Crippen molar-refractivity contribution in [1.82, 2.24) is 4.90 Å². The van der Waals surface area contributed by atoms with Gasteiger partial charge in [-0.05, 0) is 56.5 Å².